The molecule has 1 heterocycles. The minimum Gasteiger partial charge on any atom is -0.481 e. The highest BCUT2D eigenvalue weighted by Crippen LogP contribution is 2.59. The van der Waals surface area contributed by atoms with Gasteiger partial charge in [-0.2, -0.15) is 0 Å². The van der Waals surface area contributed by atoms with Crippen LogP contribution in [0.15, 0.2) is 17.5 Å². The summed E-state index contributed by atoms with van der Waals surface area (Å²) in [5.74, 6) is -1.86. The summed E-state index contributed by atoms with van der Waals surface area (Å²) in [6.07, 6.45) is 0. The number of hydrogen-bond donors (Lipinski definition) is 1. The van der Waals surface area contributed by atoms with Gasteiger partial charge in [0.1, 0.15) is 0 Å². The standard InChI is InChI=1S/C15H21NO3S/c1-9(2)16(8-10-6-5-7-20-10)13(17)11-12(14(18)19)15(11,3)4/h5-7,9,11-12H,8H2,1-4H3,(H,18,19)/t11-,12+/m1/s1. The first kappa shape index (κ1) is 15.0. The van der Waals surface area contributed by atoms with Crippen LogP contribution in [0.4, 0.5) is 0 Å². The highest BCUT2D eigenvalue weighted by molar-refractivity contribution is 7.09. The number of nitrogens with zero attached hydrogens (tertiary/aromatic N) is 1. The van der Waals surface area contributed by atoms with Gasteiger partial charge >= 0.3 is 5.97 Å². The van der Waals surface area contributed by atoms with Crippen molar-refractivity contribution in [2.24, 2.45) is 17.3 Å². The lowest BCUT2D eigenvalue weighted by Gasteiger charge is -2.27. The number of carboxylic acid groups (broad SMARTS) is 1. The molecule has 0 saturated heterocycles. The van der Waals surface area contributed by atoms with Crippen molar-refractivity contribution in [3.63, 3.8) is 0 Å². The molecule has 20 heavy (non-hydrogen) atoms. The third-order valence-electron chi connectivity index (χ3n) is 4.17. The highest BCUT2D eigenvalue weighted by atomic mass is 32.1. The van der Waals surface area contributed by atoms with Gasteiger partial charge in [-0.05, 0) is 30.7 Å². The first-order chi connectivity index (χ1) is 9.26. The molecule has 1 amide bonds. The molecule has 1 fully saturated rings. The first-order valence-electron chi connectivity index (χ1n) is 6.82. The van der Waals surface area contributed by atoms with E-state index in [9.17, 15) is 14.7 Å². The van der Waals surface area contributed by atoms with Crippen molar-refractivity contribution in [3.8, 4) is 0 Å². The zero-order valence-electron chi connectivity index (χ0n) is 12.3. The number of amides is 1. The molecular weight excluding hydrogens is 274 g/mol. The molecule has 0 aliphatic heterocycles. The van der Waals surface area contributed by atoms with Gasteiger partial charge in [0.25, 0.3) is 0 Å². The smallest absolute Gasteiger partial charge is 0.307 e. The molecule has 0 radical (unpaired) electrons. The highest BCUT2D eigenvalue weighted by Gasteiger charge is 2.66. The molecular formula is C15H21NO3S. The van der Waals surface area contributed by atoms with Gasteiger partial charge in [-0.15, -0.1) is 11.3 Å². The van der Waals surface area contributed by atoms with Crippen molar-refractivity contribution in [2.45, 2.75) is 40.3 Å². The average molecular weight is 295 g/mol. The second kappa shape index (κ2) is 5.20. The average Bonchev–Trinajstić information content (AvgIpc) is 2.73. The van der Waals surface area contributed by atoms with Gasteiger partial charge < -0.3 is 10.0 Å². The predicted octanol–water partition coefficient (Wildman–Crippen LogP) is 2.84. The van der Waals surface area contributed by atoms with Crippen molar-refractivity contribution in [1.82, 2.24) is 4.90 Å². The molecule has 1 aromatic heterocycles. The lowest BCUT2D eigenvalue weighted by molar-refractivity contribution is -0.142. The number of rotatable bonds is 5. The quantitative estimate of drug-likeness (QED) is 0.908. The van der Waals surface area contributed by atoms with E-state index in [-0.39, 0.29) is 11.9 Å². The van der Waals surface area contributed by atoms with Gasteiger partial charge in [0.15, 0.2) is 0 Å². The Balaban J connectivity index is 2.15. The molecule has 2 atom stereocenters. The van der Waals surface area contributed by atoms with Crippen LogP contribution in [0, 0.1) is 17.3 Å². The van der Waals surface area contributed by atoms with Gasteiger partial charge in [-0.25, -0.2) is 0 Å². The van der Waals surface area contributed by atoms with Crippen LogP contribution in [0.3, 0.4) is 0 Å². The SMILES string of the molecule is CC(C)N(Cc1cccs1)C(=O)[C@H]1[C@@H](C(=O)O)C1(C)C. The Bertz CT molecular complexity index is 507. The van der Waals surface area contributed by atoms with Crippen LogP contribution >= 0.6 is 11.3 Å². The number of thiophene rings is 1. The minimum atomic E-state index is -0.867. The van der Waals surface area contributed by atoms with E-state index in [1.54, 1.807) is 16.2 Å². The molecule has 2 rings (SSSR count). The van der Waals surface area contributed by atoms with E-state index in [0.29, 0.717) is 6.54 Å². The van der Waals surface area contributed by atoms with Crippen LogP contribution in [0.25, 0.3) is 0 Å². The molecule has 1 aliphatic rings. The minimum absolute atomic E-state index is 0.0363. The van der Waals surface area contributed by atoms with E-state index in [1.165, 1.54) is 0 Å². The van der Waals surface area contributed by atoms with Crippen molar-refractivity contribution >= 4 is 23.2 Å². The normalized spacial score (nSPS) is 23.6. The van der Waals surface area contributed by atoms with Crippen molar-refractivity contribution in [3.05, 3.63) is 22.4 Å². The maximum Gasteiger partial charge on any atom is 0.307 e. The zero-order valence-corrected chi connectivity index (χ0v) is 13.1. The summed E-state index contributed by atoms with van der Waals surface area (Å²) in [6.45, 7) is 8.22. The third-order valence-corrected chi connectivity index (χ3v) is 5.03. The van der Waals surface area contributed by atoms with Crippen LogP contribution in [0.5, 0.6) is 0 Å². The molecule has 0 spiro atoms. The fourth-order valence-electron chi connectivity index (χ4n) is 2.82. The van der Waals surface area contributed by atoms with Gasteiger partial charge in [-0.1, -0.05) is 19.9 Å². The molecule has 110 valence electrons. The van der Waals surface area contributed by atoms with E-state index >= 15 is 0 Å². The Morgan fingerprint density at radius 3 is 2.45 bits per heavy atom. The second-order valence-electron chi connectivity index (χ2n) is 6.25. The Morgan fingerprint density at radius 2 is 2.05 bits per heavy atom. The Labute approximate surface area is 123 Å². The maximum absolute atomic E-state index is 12.7. The molecule has 0 bridgehead atoms. The Hall–Kier alpha value is -1.36. The lowest BCUT2D eigenvalue weighted by Crippen LogP contribution is -2.38. The van der Waals surface area contributed by atoms with Crippen LogP contribution in [0.1, 0.15) is 32.6 Å². The first-order valence-corrected chi connectivity index (χ1v) is 7.70. The molecule has 1 aliphatic carbocycles. The van der Waals surface area contributed by atoms with Crippen molar-refractivity contribution in [1.29, 1.82) is 0 Å². The number of carbonyl (C=O) groups is 2. The summed E-state index contributed by atoms with van der Waals surface area (Å²) in [4.78, 5) is 26.8. The summed E-state index contributed by atoms with van der Waals surface area (Å²) < 4.78 is 0. The number of hydrogen-bond acceptors (Lipinski definition) is 3. The van der Waals surface area contributed by atoms with Gasteiger partial charge in [-0.3, -0.25) is 9.59 Å². The fraction of sp³-hybridized carbons (Fsp3) is 0.600. The van der Waals surface area contributed by atoms with Gasteiger partial charge in [0, 0.05) is 10.9 Å². The number of carbonyl (C=O) groups excluding carboxylic acids is 1. The molecule has 1 N–H and O–H groups in total. The molecule has 4 nitrogen and oxygen atoms in total. The Kier molecular flexibility index (Phi) is 3.91. The molecule has 1 aromatic rings. The van der Waals surface area contributed by atoms with E-state index in [4.69, 9.17) is 0 Å². The van der Waals surface area contributed by atoms with E-state index < -0.39 is 23.2 Å². The van der Waals surface area contributed by atoms with Crippen LogP contribution in [-0.2, 0) is 16.1 Å². The summed E-state index contributed by atoms with van der Waals surface area (Å²) in [6, 6.07) is 4.03. The largest absolute Gasteiger partial charge is 0.481 e. The molecule has 0 aromatic carbocycles. The Morgan fingerprint density at radius 1 is 1.40 bits per heavy atom. The molecule has 1 saturated carbocycles. The van der Waals surface area contributed by atoms with Crippen LogP contribution in [0.2, 0.25) is 0 Å². The van der Waals surface area contributed by atoms with Crippen molar-refractivity contribution < 1.29 is 14.7 Å². The summed E-state index contributed by atoms with van der Waals surface area (Å²) in [7, 11) is 0. The lowest BCUT2D eigenvalue weighted by atomic mass is 10.1. The maximum atomic E-state index is 12.7. The van der Waals surface area contributed by atoms with Crippen LogP contribution < -0.4 is 0 Å². The summed E-state index contributed by atoms with van der Waals surface area (Å²) in [5.41, 5.74) is -0.439. The summed E-state index contributed by atoms with van der Waals surface area (Å²) >= 11 is 1.61. The van der Waals surface area contributed by atoms with Gasteiger partial charge in [0.05, 0.1) is 18.4 Å². The van der Waals surface area contributed by atoms with Gasteiger partial charge in [0.2, 0.25) is 5.91 Å². The number of aliphatic carboxylic acids is 1. The van der Waals surface area contributed by atoms with E-state index in [0.717, 1.165) is 4.88 Å². The number of carboxylic acids is 1. The monoisotopic (exact) mass is 295 g/mol. The predicted molar refractivity (Wildman–Crippen MR) is 78.4 cm³/mol. The van der Waals surface area contributed by atoms with Crippen molar-refractivity contribution in [2.75, 3.05) is 0 Å². The van der Waals surface area contributed by atoms with E-state index in [1.807, 2.05) is 45.2 Å². The fourth-order valence-corrected chi connectivity index (χ4v) is 3.53. The van der Waals surface area contributed by atoms with Crippen LogP contribution in [-0.4, -0.2) is 27.9 Å². The molecule has 0 unspecified atom stereocenters. The zero-order chi connectivity index (χ0) is 15.1. The third kappa shape index (κ3) is 2.59. The second-order valence-corrected chi connectivity index (χ2v) is 7.29. The topological polar surface area (TPSA) is 57.6 Å². The summed E-state index contributed by atoms with van der Waals surface area (Å²) in [5, 5.41) is 11.2. The van der Waals surface area contributed by atoms with E-state index in [2.05, 4.69) is 0 Å². The molecule has 5 heteroatoms.